The fourth-order valence-electron chi connectivity index (χ4n) is 1.59. The summed E-state index contributed by atoms with van der Waals surface area (Å²) in [5.74, 6) is 0.437. The monoisotopic (exact) mass is 338 g/mol. The Labute approximate surface area is 143 Å². The first kappa shape index (κ1) is 20.2. The van der Waals surface area contributed by atoms with Gasteiger partial charge in [0.25, 0.3) is 0 Å². The summed E-state index contributed by atoms with van der Waals surface area (Å²) in [6.07, 6.45) is 0. The second-order valence-corrected chi connectivity index (χ2v) is 4.91. The second kappa shape index (κ2) is 13.5. The van der Waals surface area contributed by atoms with Crippen molar-refractivity contribution in [2.24, 2.45) is 0 Å². The van der Waals surface area contributed by atoms with Crippen LogP contribution in [0.1, 0.15) is 6.92 Å². The molecule has 0 radical (unpaired) electrons. The lowest BCUT2D eigenvalue weighted by atomic mass is 10.3. The quantitative estimate of drug-likeness (QED) is 0.294. The average molecular weight is 338 g/mol. The van der Waals surface area contributed by atoms with Crippen molar-refractivity contribution in [2.75, 3.05) is 52.9 Å². The van der Waals surface area contributed by atoms with E-state index in [2.05, 4.69) is 6.58 Å². The molecule has 1 aromatic rings. The normalized spacial score (nSPS) is 10.4. The van der Waals surface area contributed by atoms with E-state index in [0.717, 1.165) is 5.75 Å². The summed E-state index contributed by atoms with van der Waals surface area (Å²) in [7, 11) is 0. The highest BCUT2D eigenvalue weighted by atomic mass is 16.6. The Kier molecular flexibility index (Phi) is 11.4. The van der Waals surface area contributed by atoms with E-state index < -0.39 is 5.97 Å². The minimum atomic E-state index is -0.400. The van der Waals surface area contributed by atoms with Gasteiger partial charge < -0.3 is 23.7 Å². The highest BCUT2D eigenvalue weighted by molar-refractivity contribution is 5.86. The zero-order valence-electron chi connectivity index (χ0n) is 14.2. The van der Waals surface area contributed by atoms with Gasteiger partial charge >= 0.3 is 5.97 Å². The van der Waals surface area contributed by atoms with Crippen molar-refractivity contribution in [3.8, 4) is 5.75 Å². The van der Waals surface area contributed by atoms with Crippen molar-refractivity contribution in [1.82, 2.24) is 0 Å². The van der Waals surface area contributed by atoms with Gasteiger partial charge in [-0.3, -0.25) is 0 Å². The zero-order chi connectivity index (χ0) is 17.5. The number of para-hydroxylation sites is 1. The van der Waals surface area contributed by atoms with Crippen LogP contribution < -0.4 is 4.74 Å². The smallest absolute Gasteiger partial charge is 0.333 e. The van der Waals surface area contributed by atoms with Crippen molar-refractivity contribution in [2.45, 2.75) is 6.92 Å². The van der Waals surface area contributed by atoms with E-state index in [9.17, 15) is 4.79 Å². The molecule has 0 unspecified atom stereocenters. The Balaban J connectivity index is 1.78. The summed E-state index contributed by atoms with van der Waals surface area (Å²) < 4.78 is 26.4. The molecule has 0 atom stereocenters. The number of carbonyl (C=O) groups excluding carboxylic acids is 1. The minimum Gasteiger partial charge on any atom is -0.491 e. The second-order valence-electron chi connectivity index (χ2n) is 4.91. The largest absolute Gasteiger partial charge is 0.491 e. The molecule has 0 aromatic heterocycles. The van der Waals surface area contributed by atoms with E-state index in [0.29, 0.717) is 51.8 Å². The van der Waals surface area contributed by atoms with E-state index in [1.165, 1.54) is 0 Å². The van der Waals surface area contributed by atoms with Gasteiger partial charge in [-0.25, -0.2) is 4.79 Å². The van der Waals surface area contributed by atoms with Crippen LogP contribution in [-0.2, 0) is 23.7 Å². The van der Waals surface area contributed by atoms with Gasteiger partial charge in [0.2, 0.25) is 0 Å². The molecule has 0 fully saturated rings. The van der Waals surface area contributed by atoms with Crippen molar-refractivity contribution in [1.29, 1.82) is 0 Å². The van der Waals surface area contributed by atoms with E-state index >= 15 is 0 Å². The van der Waals surface area contributed by atoms with Gasteiger partial charge in [-0.05, 0) is 19.1 Å². The van der Waals surface area contributed by atoms with Gasteiger partial charge in [-0.1, -0.05) is 24.8 Å². The first-order valence-corrected chi connectivity index (χ1v) is 7.94. The maximum Gasteiger partial charge on any atom is 0.333 e. The number of rotatable bonds is 14. The molecule has 6 heteroatoms. The molecule has 0 N–H and O–H groups in total. The van der Waals surface area contributed by atoms with Crippen molar-refractivity contribution >= 4 is 5.97 Å². The lowest BCUT2D eigenvalue weighted by Crippen LogP contribution is -2.15. The molecule has 1 rings (SSSR count). The molecule has 0 saturated heterocycles. The molecule has 0 aliphatic heterocycles. The third-order valence-electron chi connectivity index (χ3n) is 2.79. The van der Waals surface area contributed by atoms with Gasteiger partial charge in [0.05, 0.1) is 39.6 Å². The van der Waals surface area contributed by atoms with E-state index in [-0.39, 0.29) is 6.61 Å². The first-order chi connectivity index (χ1) is 11.7. The standard InChI is InChI=1S/C18H26O6/c1-16(2)18(19)24-15-13-22-11-9-20-8-10-21-12-14-23-17-6-4-3-5-7-17/h3-7H,1,8-15H2,2H3. The van der Waals surface area contributed by atoms with Crippen molar-refractivity contribution in [3.63, 3.8) is 0 Å². The SMILES string of the molecule is C=C(C)C(=O)OCCOCCOCCOCCOc1ccccc1. The molecule has 0 saturated carbocycles. The summed E-state index contributed by atoms with van der Waals surface area (Å²) in [5.41, 5.74) is 0.382. The molecule has 134 valence electrons. The molecule has 0 heterocycles. The van der Waals surface area contributed by atoms with Gasteiger partial charge in [0, 0.05) is 5.57 Å². The Morgan fingerprint density at radius 1 is 0.833 bits per heavy atom. The maximum absolute atomic E-state index is 11.1. The van der Waals surface area contributed by atoms with Crippen LogP contribution in [0, 0.1) is 0 Å². The summed E-state index contributed by atoms with van der Waals surface area (Å²) >= 11 is 0. The van der Waals surface area contributed by atoms with Crippen molar-refractivity contribution in [3.05, 3.63) is 42.5 Å². The number of esters is 1. The summed E-state index contributed by atoms with van der Waals surface area (Å²) in [5, 5.41) is 0. The van der Waals surface area contributed by atoms with Crippen LogP contribution in [0.2, 0.25) is 0 Å². The molecule has 0 bridgehead atoms. The lowest BCUT2D eigenvalue weighted by molar-refractivity contribution is -0.140. The highest BCUT2D eigenvalue weighted by Gasteiger charge is 2.01. The number of hydrogen-bond acceptors (Lipinski definition) is 6. The number of carbonyl (C=O) groups is 1. The van der Waals surface area contributed by atoms with E-state index in [1.807, 2.05) is 30.3 Å². The molecule has 24 heavy (non-hydrogen) atoms. The molecule has 1 aromatic carbocycles. The first-order valence-electron chi connectivity index (χ1n) is 7.94. The number of hydrogen-bond donors (Lipinski definition) is 0. The van der Waals surface area contributed by atoms with Crippen LogP contribution in [0.25, 0.3) is 0 Å². The predicted octanol–water partition coefficient (Wildman–Crippen LogP) is 2.23. The lowest BCUT2D eigenvalue weighted by Gasteiger charge is -2.08. The molecule has 6 nitrogen and oxygen atoms in total. The highest BCUT2D eigenvalue weighted by Crippen LogP contribution is 2.07. The molecule has 0 spiro atoms. The molecule has 0 aliphatic rings. The molecule has 0 aliphatic carbocycles. The van der Waals surface area contributed by atoms with E-state index in [4.69, 9.17) is 23.7 Å². The summed E-state index contributed by atoms with van der Waals surface area (Å²) in [6.45, 7) is 8.61. The van der Waals surface area contributed by atoms with E-state index in [1.54, 1.807) is 6.92 Å². The molecular formula is C18H26O6. The zero-order valence-corrected chi connectivity index (χ0v) is 14.2. The molecular weight excluding hydrogens is 312 g/mol. The van der Waals surface area contributed by atoms with Gasteiger partial charge in [-0.15, -0.1) is 0 Å². The van der Waals surface area contributed by atoms with Gasteiger partial charge in [0.15, 0.2) is 0 Å². The minimum absolute atomic E-state index is 0.218. The fraction of sp³-hybridized carbons (Fsp3) is 0.500. The van der Waals surface area contributed by atoms with Gasteiger partial charge in [-0.2, -0.15) is 0 Å². The third kappa shape index (κ3) is 10.8. The van der Waals surface area contributed by atoms with Crippen LogP contribution in [0.3, 0.4) is 0 Å². The Bertz CT molecular complexity index is 460. The Hall–Kier alpha value is -1.89. The van der Waals surface area contributed by atoms with Crippen molar-refractivity contribution < 1.29 is 28.5 Å². The fourth-order valence-corrected chi connectivity index (χ4v) is 1.59. The van der Waals surface area contributed by atoms with Gasteiger partial charge in [0.1, 0.15) is 19.0 Å². The third-order valence-corrected chi connectivity index (χ3v) is 2.79. The number of benzene rings is 1. The van der Waals surface area contributed by atoms with Crippen LogP contribution >= 0.6 is 0 Å². The topological polar surface area (TPSA) is 63.2 Å². The van der Waals surface area contributed by atoms with Crippen LogP contribution in [0.5, 0.6) is 5.75 Å². The van der Waals surface area contributed by atoms with Crippen LogP contribution in [0.15, 0.2) is 42.5 Å². The average Bonchev–Trinajstić information content (AvgIpc) is 2.59. The molecule has 0 amide bonds. The Morgan fingerprint density at radius 2 is 1.33 bits per heavy atom. The predicted molar refractivity (Wildman–Crippen MR) is 90.2 cm³/mol. The van der Waals surface area contributed by atoms with Crippen LogP contribution in [-0.4, -0.2) is 58.8 Å². The van der Waals surface area contributed by atoms with Crippen LogP contribution in [0.4, 0.5) is 0 Å². The number of ether oxygens (including phenoxy) is 5. The Morgan fingerprint density at radius 3 is 1.88 bits per heavy atom. The summed E-state index contributed by atoms with van der Waals surface area (Å²) in [6, 6.07) is 9.61. The maximum atomic E-state index is 11.1. The summed E-state index contributed by atoms with van der Waals surface area (Å²) in [4.78, 5) is 11.1.